The minimum absolute atomic E-state index is 0.0728. The van der Waals surface area contributed by atoms with Crippen LogP contribution in [-0.4, -0.2) is 21.8 Å². The molecule has 1 aromatic heterocycles. The highest BCUT2D eigenvalue weighted by Gasteiger charge is 2.14. The molecular weight excluding hydrogens is 254 g/mol. The fourth-order valence-electron chi connectivity index (χ4n) is 1.31. The van der Waals surface area contributed by atoms with Crippen molar-refractivity contribution in [1.82, 2.24) is 4.98 Å². The third-order valence-electron chi connectivity index (χ3n) is 2.22. The van der Waals surface area contributed by atoms with Crippen molar-refractivity contribution < 1.29 is 9.90 Å². The van der Waals surface area contributed by atoms with Crippen LogP contribution in [0.3, 0.4) is 0 Å². The summed E-state index contributed by atoms with van der Waals surface area (Å²) in [4.78, 5) is 24.4. The molecule has 0 atom stereocenters. The molecule has 0 saturated heterocycles. The van der Waals surface area contributed by atoms with E-state index in [2.05, 4.69) is 4.98 Å². The SMILES string of the molecule is Cc1c(C#N)c(SCCC(=O)O)[nH]c(=O)c1C#N. The molecule has 1 rings (SSSR count). The molecule has 0 aliphatic heterocycles. The summed E-state index contributed by atoms with van der Waals surface area (Å²) >= 11 is 1.08. The zero-order valence-electron chi connectivity index (χ0n) is 9.48. The number of carbonyl (C=O) groups is 1. The molecule has 6 nitrogen and oxygen atoms in total. The van der Waals surface area contributed by atoms with Gasteiger partial charge in [-0.05, 0) is 12.5 Å². The van der Waals surface area contributed by atoms with Gasteiger partial charge in [-0.2, -0.15) is 10.5 Å². The van der Waals surface area contributed by atoms with Crippen LogP contribution in [0.5, 0.6) is 0 Å². The van der Waals surface area contributed by atoms with Gasteiger partial charge in [0.15, 0.2) is 0 Å². The molecule has 0 unspecified atom stereocenters. The number of nitrogens with one attached hydrogen (secondary N) is 1. The quantitative estimate of drug-likeness (QED) is 0.782. The van der Waals surface area contributed by atoms with Crippen molar-refractivity contribution in [2.75, 3.05) is 5.75 Å². The third-order valence-corrected chi connectivity index (χ3v) is 3.22. The number of aromatic nitrogens is 1. The number of nitrogens with zero attached hydrogens (tertiary/aromatic N) is 2. The molecule has 1 heterocycles. The van der Waals surface area contributed by atoms with Crippen molar-refractivity contribution in [3.63, 3.8) is 0 Å². The van der Waals surface area contributed by atoms with Crippen LogP contribution in [0.15, 0.2) is 9.82 Å². The summed E-state index contributed by atoms with van der Waals surface area (Å²) in [5, 5.41) is 26.6. The highest BCUT2D eigenvalue weighted by molar-refractivity contribution is 7.99. The Kier molecular flexibility index (Phi) is 4.52. The van der Waals surface area contributed by atoms with Gasteiger partial charge in [-0.1, -0.05) is 0 Å². The van der Waals surface area contributed by atoms with Crippen molar-refractivity contribution in [2.45, 2.75) is 18.4 Å². The molecule has 0 radical (unpaired) electrons. The number of thioether (sulfide) groups is 1. The van der Waals surface area contributed by atoms with Gasteiger partial charge >= 0.3 is 5.97 Å². The number of carboxylic acids is 1. The summed E-state index contributed by atoms with van der Waals surface area (Å²) in [6, 6.07) is 3.66. The van der Waals surface area contributed by atoms with Crippen molar-refractivity contribution in [2.24, 2.45) is 0 Å². The Hall–Kier alpha value is -2.25. The van der Waals surface area contributed by atoms with Crippen molar-refractivity contribution >= 4 is 17.7 Å². The fourth-order valence-corrected chi connectivity index (χ4v) is 2.30. The van der Waals surface area contributed by atoms with Crippen molar-refractivity contribution in [1.29, 1.82) is 10.5 Å². The first-order valence-corrected chi connectivity index (χ1v) is 5.91. The van der Waals surface area contributed by atoms with Crippen molar-refractivity contribution in [3.05, 3.63) is 27.0 Å². The minimum atomic E-state index is -0.950. The van der Waals surface area contributed by atoms with E-state index in [-0.39, 0.29) is 23.3 Å². The standard InChI is InChI=1S/C11H9N3O3S/c1-6-7(4-12)10(17)14-11(8(6)5-13)18-3-2-9(15)16/h2-3H2,1H3,(H,14,17)(H,15,16). The average molecular weight is 263 g/mol. The summed E-state index contributed by atoms with van der Waals surface area (Å²) in [7, 11) is 0. The first-order chi connectivity index (χ1) is 8.51. The predicted octanol–water partition coefficient (Wildman–Crippen LogP) is 0.993. The third kappa shape index (κ3) is 2.90. The van der Waals surface area contributed by atoms with Crippen LogP contribution in [0.4, 0.5) is 0 Å². The van der Waals surface area contributed by atoms with E-state index in [4.69, 9.17) is 15.6 Å². The van der Waals surface area contributed by atoms with Crippen LogP contribution >= 0.6 is 11.8 Å². The molecule has 7 heteroatoms. The molecule has 2 N–H and O–H groups in total. The molecule has 0 saturated carbocycles. The maximum absolute atomic E-state index is 11.5. The number of nitriles is 2. The van der Waals surface area contributed by atoms with Gasteiger partial charge in [0.25, 0.3) is 5.56 Å². The van der Waals surface area contributed by atoms with Crippen LogP contribution in [0, 0.1) is 29.6 Å². The monoisotopic (exact) mass is 263 g/mol. The molecule has 92 valence electrons. The van der Waals surface area contributed by atoms with Gasteiger partial charge in [0, 0.05) is 5.75 Å². The van der Waals surface area contributed by atoms with E-state index in [1.165, 1.54) is 6.92 Å². The van der Waals surface area contributed by atoms with Crippen molar-refractivity contribution in [3.8, 4) is 12.1 Å². The Morgan fingerprint density at radius 3 is 2.50 bits per heavy atom. The molecular formula is C11H9N3O3S. The van der Waals surface area contributed by atoms with E-state index in [9.17, 15) is 9.59 Å². The Balaban J connectivity index is 3.15. The topological polar surface area (TPSA) is 118 Å². The molecule has 0 spiro atoms. The molecule has 0 amide bonds. The summed E-state index contributed by atoms with van der Waals surface area (Å²) in [6.07, 6.45) is -0.0728. The van der Waals surface area contributed by atoms with Crippen LogP contribution in [0.1, 0.15) is 23.1 Å². The van der Waals surface area contributed by atoms with Crippen LogP contribution < -0.4 is 5.56 Å². The predicted molar refractivity (Wildman–Crippen MR) is 64.2 cm³/mol. The summed E-state index contributed by atoms with van der Waals surface area (Å²) in [6.45, 7) is 1.52. The van der Waals surface area contributed by atoms with Crippen LogP contribution in [0.2, 0.25) is 0 Å². The van der Waals surface area contributed by atoms with Gasteiger partial charge < -0.3 is 10.1 Å². The highest BCUT2D eigenvalue weighted by Crippen LogP contribution is 2.22. The summed E-state index contributed by atoms with van der Waals surface area (Å²) < 4.78 is 0. The molecule has 0 bridgehead atoms. The number of pyridine rings is 1. The number of H-pyrrole nitrogens is 1. The van der Waals surface area contributed by atoms with Gasteiger partial charge in [0.05, 0.1) is 17.0 Å². The van der Waals surface area contributed by atoms with E-state index >= 15 is 0 Å². The maximum Gasteiger partial charge on any atom is 0.304 e. The molecule has 0 aliphatic carbocycles. The second kappa shape index (κ2) is 5.89. The fraction of sp³-hybridized carbons (Fsp3) is 0.273. The number of hydrogen-bond donors (Lipinski definition) is 2. The van der Waals surface area contributed by atoms with Crippen LogP contribution in [-0.2, 0) is 4.79 Å². The normalized spacial score (nSPS) is 9.50. The number of aliphatic carboxylic acids is 1. The van der Waals surface area contributed by atoms with E-state index in [0.29, 0.717) is 10.6 Å². The van der Waals surface area contributed by atoms with Gasteiger partial charge in [0.1, 0.15) is 17.7 Å². The number of carboxylic acid groups (broad SMARTS) is 1. The smallest absolute Gasteiger partial charge is 0.304 e. The van der Waals surface area contributed by atoms with E-state index in [1.54, 1.807) is 6.07 Å². The summed E-state index contributed by atoms with van der Waals surface area (Å²) in [5.41, 5.74) is -0.121. The molecule has 0 fully saturated rings. The minimum Gasteiger partial charge on any atom is -0.481 e. The first kappa shape index (κ1) is 13.8. The molecule has 0 aromatic carbocycles. The number of hydrogen-bond acceptors (Lipinski definition) is 5. The van der Waals surface area contributed by atoms with E-state index in [1.807, 2.05) is 6.07 Å². The largest absolute Gasteiger partial charge is 0.481 e. The molecule has 1 aromatic rings. The molecule has 0 aliphatic rings. The second-order valence-electron chi connectivity index (χ2n) is 3.37. The van der Waals surface area contributed by atoms with E-state index in [0.717, 1.165) is 11.8 Å². The van der Waals surface area contributed by atoms with E-state index < -0.39 is 11.5 Å². The zero-order chi connectivity index (χ0) is 13.7. The van der Waals surface area contributed by atoms with Crippen LogP contribution in [0.25, 0.3) is 0 Å². The lowest BCUT2D eigenvalue weighted by Gasteiger charge is -2.06. The zero-order valence-corrected chi connectivity index (χ0v) is 10.3. The lowest BCUT2D eigenvalue weighted by molar-refractivity contribution is -0.136. The number of aromatic amines is 1. The number of rotatable bonds is 4. The Labute approximate surface area is 107 Å². The average Bonchev–Trinajstić information content (AvgIpc) is 2.29. The van der Waals surface area contributed by atoms with Gasteiger partial charge in [-0.15, -0.1) is 11.8 Å². The highest BCUT2D eigenvalue weighted by atomic mass is 32.2. The molecule has 18 heavy (non-hydrogen) atoms. The Morgan fingerprint density at radius 2 is 2.00 bits per heavy atom. The second-order valence-corrected chi connectivity index (χ2v) is 4.48. The van der Waals surface area contributed by atoms with Gasteiger partial charge in [-0.25, -0.2) is 0 Å². The lowest BCUT2D eigenvalue weighted by Crippen LogP contribution is -2.15. The maximum atomic E-state index is 11.5. The summed E-state index contributed by atoms with van der Waals surface area (Å²) in [5.74, 6) is -0.709. The Morgan fingerprint density at radius 1 is 1.39 bits per heavy atom. The van der Waals surface area contributed by atoms with Gasteiger partial charge in [0.2, 0.25) is 0 Å². The first-order valence-electron chi connectivity index (χ1n) is 4.93. The Bertz CT molecular complexity index is 622. The van der Waals surface area contributed by atoms with Gasteiger partial charge in [-0.3, -0.25) is 9.59 Å². The lowest BCUT2D eigenvalue weighted by atomic mass is 10.1.